The highest BCUT2D eigenvalue weighted by Gasteiger charge is 2.25. The van der Waals surface area contributed by atoms with Crippen LogP contribution >= 0.6 is 0 Å². The van der Waals surface area contributed by atoms with E-state index in [1.807, 2.05) is 24.3 Å². The topological polar surface area (TPSA) is 80.4 Å². The minimum Gasteiger partial charge on any atom is -0.497 e. The van der Waals surface area contributed by atoms with E-state index in [9.17, 15) is 9.59 Å². The molecule has 0 atom stereocenters. The van der Waals surface area contributed by atoms with Gasteiger partial charge in [-0.15, -0.1) is 0 Å². The minimum absolute atomic E-state index is 0.248. The van der Waals surface area contributed by atoms with Gasteiger partial charge in [0.1, 0.15) is 11.4 Å². The molecule has 0 aliphatic carbocycles. The molecule has 1 heterocycles. The van der Waals surface area contributed by atoms with Crippen LogP contribution in [0.3, 0.4) is 0 Å². The monoisotopic (exact) mass is 358 g/mol. The summed E-state index contributed by atoms with van der Waals surface area (Å²) in [7, 11) is 2.95. The molecule has 2 rings (SSSR count). The molecule has 2 aromatic rings. The standard InChI is InChI=1S/C20H26N2O4/c1-12-16(19(24)26-6)13(2)22-17(12)18(23)21-11-20(3,4)14-7-9-15(25-5)10-8-14/h7-10,22H,11H2,1-6H3,(H,21,23). The summed E-state index contributed by atoms with van der Waals surface area (Å²) in [6.45, 7) is 8.05. The zero-order valence-electron chi connectivity index (χ0n) is 16.1. The summed E-state index contributed by atoms with van der Waals surface area (Å²) < 4.78 is 9.96. The predicted octanol–water partition coefficient (Wildman–Crippen LogP) is 3.13. The predicted molar refractivity (Wildman–Crippen MR) is 100.0 cm³/mol. The lowest BCUT2D eigenvalue weighted by molar-refractivity contribution is 0.0599. The van der Waals surface area contributed by atoms with Crippen LogP contribution in [0.15, 0.2) is 24.3 Å². The van der Waals surface area contributed by atoms with Crippen molar-refractivity contribution in [2.45, 2.75) is 33.1 Å². The summed E-state index contributed by atoms with van der Waals surface area (Å²) in [6.07, 6.45) is 0. The largest absolute Gasteiger partial charge is 0.497 e. The molecule has 0 unspecified atom stereocenters. The molecule has 1 amide bonds. The maximum absolute atomic E-state index is 12.6. The van der Waals surface area contributed by atoms with Crippen molar-refractivity contribution in [1.29, 1.82) is 0 Å². The van der Waals surface area contributed by atoms with Crippen molar-refractivity contribution in [2.75, 3.05) is 20.8 Å². The van der Waals surface area contributed by atoms with Crippen LogP contribution in [0.1, 0.15) is 51.5 Å². The Morgan fingerprint density at radius 3 is 2.27 bits per heavy atom. The molecule has 6 heteroatoms. The third-order valence-corrected chi connectivity index (χ3v) is 4.62. The highest BCUT2D eigenvalue weighted by atomic mass is 16.5. The molecule has 0 radical (unpaired) electrons. The first-order valence-corrected chi connectivity index (χ1v) is 8.41. The highest BCUT2D eigenvalue weighted by Crippen LogP contribution is 2.25. The quantitative estimate of drug-likeness (QED) is 0.778. The molecule has 1 aromatic carbocycles. The molecular formula is C20H26N2O4. The van der Waals surface area contributed by atoms with E-state index in [4.69, 9.17) is 9.47 Å². The van der Waals surface area contributed by atoms with Gasteiger partial charge in [0.2, 0.25) is 0 Å². The number of carbonyl (C=O) groups is 2. The first-order chi connectivity index (χ1) is 12.2. The highest BCUT2D eigenvalue weighted by molar-refractivity contribution is 6.00. The number of carbonyl (C=O) groups excluding carboxylic acids is 2. The van der Waals surface area contributed by atoms with Crippen molar-refractivity contribution in [2.24, 2.45) is 0 Å². The molecule has 0 aliphatic heterocycles. The van der Waals surface area contributed by atoms with E-state index in [-0.39, 0.29) is 11.3 Å². The van der Waals surface area contributed by atoms with Crippen molar-refractivity contribution in [3.63, 3.8) is 0 Å². The van der Waals surface area contributed by atoms with Gasteiger partial charge in [0.15, 0.2) is 0 Å². The molecule has 0 fully saturated rings. The van der Waals surface area contributed by atoms with Crippen LogP contribution < -0.4 is 10.1 Å². The zero-order chi connectivity index (χ0) is 19.5. The Bertz CT molecular complexity index is 804. The number of benzene rings is 1. The van der Waals surface area contributed by atoms with E-state index in [0.29, 0.717) is 29.1 Å². The van der Waals surface area contributed by atoms with Crippen molar-refractivity contribution >= 4 is 11.9 Å². The van der Waals surface area contributed by atoms with Gasteiger partial charge in [0, 0.05) is 17.7 Å². The van der Waals surface area contributed by atoms with E-state index in [1.54, 1.807) is 21.0 Å². The Morgan fingerprint density at radius 1 is 1.12 bits per heavy atom. The Morgan fingerprint density at radius 2 is 1.73 bits per heavy atom. The molecule has 0 spiro atoms. The first-order valence-electron chi connectivity index (χ1n) is 8.41. The fraction of sp³-hybridized carbons (Fsp3) is 0.400. The summed E-state index contributed by atoms with van der Waals surface area (Å²) in [5.74, 6) is 0.0950. The van der Waals surface area contributed by atoms with E-state index < -0.39 is 5.97 Å². The van der Waals surface area contributed by atoms with Crippen LogP contribution in [0.4, 0.5) is 0 Å². The maximum atomic E-state index is 12.6. The minimum atomic E-state index is -0.450. The average Bonchev–Trinajstić information content (AvgIpc) is 2.93. The Balaban J connectivity index is 2.13. The smallest absolute Gasteiger partial charge is 0.339 e. The second-order valence-electron chi connectivity index (χ2n) is 6.91. The molecule has 26 heavy (non-hydrogen) atoms. The summed E-state index contributed by atoms with van der Waals surface area (Å²) >= 11 is 0. The fourth-order valence-electron chi connectivity index (χ4n) is 2.92. The van der Waals surface area contributed by atoms with Crippen molar-refractivity contribution < 1.29 is 19.1 Å². The van der Waals surface area contributed by atoms with Crippen LogP contribution in [0.25, 0.3) is 0 Å². The van der Waals surface area contributed by atoms with Crippen molar-refractivity contribution in [3.8, 4) is 5.75 Å². The molecule has 0 bridgehead atoms. The van der Waals surface area contributed by atoms with Gasteiger partial charge in [-0.25, -0.2) is 4.79 Å². The number of amides is 1. The van der Waals surface area contributed by atoms with Gasteiger partial charge in [0.25, 0.3) is 5.91 Å². The molecule has 1 aromatic heterocycles. The summed E-state index contributed by atoms with van der Waals surface area (Å²) in [5, 5.41) is 2.95. The number of hydrogen-bond acceptors (Lipinski definition) is 4. The lowest BCUT2D eigenvalue weighted by Crippen LogP contribution is -2.37. The lowest BCUT2D eigenvalue weighted by atomic mass is 9.84. The van der Waals surface area contributed by atoms with E-state index in [0.717, 1.165) is 11.3 Å². The number of aromatic amines is 1. The number of aryl methyl sites for hydroxylation is 1. The summed E-state index contributed by atoms with van der Waals surface area (Å²) in [5.41, 5.74) is 2.83. The first kappa shape index (κ1) is 19.6. The molecule has 2 N–H and O–H groups in total. The maximum Gasteiger partial charge on any atom is 0.339 e. The number of aromatic nitrogens is 1. The van der Waals surface area contributed by atoms with Crippen LogP contribution in [0, 0.1) is 13.8 Å². The number of ether oxygens (including phenoxy) is 2. The van der Waals surface area contributed by atoms with Gasteiger partial charge in [-0.3, -0.25) is 4.79 Å². The lowest BCUT2D eigenvalue weighted by Gasteiger charge is -2.26. The summed E-state index contributed by atoms with van der Waals surface area (Å²) in [4.78, 5) is 27.5. The zero-order valence-corrected chi connectivity index (χ0v) is 16.1. The van der Waals surface area contributed by atoms with Crippen molar-refractivity contribution in [3.05, 3.63) is 52.3 Å². The van der Waals surface area contributed by atoms with E-state index >= 15 is 0 Å². The molecule has 6 nitrogen and oxygen atoms in total. The number of hydrogen-bond donors (Lipinski definition) is 2. The van der Waals surface area contributed by atoms with Gasteiger partial charge in [-0.1, -0.05) is 26.0 Å². The third kappa shape index (κ3) is 3.90. The normalized spacial score (nSPS) is 11.2. The van der Waals surface area contributed by atoms with E-state index in [2.05, 4.69) is 24.1 Å². The molecule has 0 saturated carbocycles. The van der Waals surface area contributed by atoms with Crippen LogP contribution in [0.2, 0.25) is 0 Å². The Labute approximate surface area is 153 Å². The number of methoxy groups -OCH3 is 2. The Hall–Kier alpha value is -2.76. The average molecular weight is 358 g/mol. The number of nitrogens with one attached hydrogen (secondary N) is 2. The molecular weight excluding hydrogens is 332 g/mol. The molecule has 140 valence electrons. The van der Waals surface area contributed by atoms with Crippen molar-refractivity contribution in [1.82, 2.24) is 10.3 Å². The van der Waals surface area contributed by atoms with Gasteiger partial charge >= 0.3 is 5.97 Å². The third-order valence-electron chi connectivity index (χ3n) is 4.62. The second kappa shape index (κ2) is 7.64. The molecule has 0 aliphatic rings. The van der Waals surface area contributed by atoms with Gasteiger partial charge in [-0.05, 0) is 37.1 Å². The Kier molecular flexibility index (Phi) is 5.75. The van der Waals surface area contributed by atoms with Gasteiger partial charge in [-0.2, -0.15) is 0 Å². The summed E-state index contributed by atoms with van der Waals surface area (Å²) in [6, 6.07) is 7.79. The number of rotatable bonds is 6. The van der Waals surface area contributed by atoms with Gasteiger partial charge in [0.05, 0.1) is 19.8 Å². The van der Waals surface area contributed by atoms with E-state index in [1.165, 1.54) is 7.11 Å². The van der Waals surface area contributed by atoms with Crippen LogP contribution in [-0.2, 0) is 10.2 Å². The van der Waals surface area contributed by atoms with Gasteiger partial charge < -0.3 is 19.8 Å². The fourth-order valence-corrected chi connectivity index (χ4v) is 2.92. The van der Waals surface area contributed by atoms with Crippen LogP contribution in [-0.4, -0.2) is 37.6 Å². The number of esters is 1. The molecule has 0 saturated heterocycles. The number of H-pyrrole nitrogens is 1. The SMILES string of the molecule is COC(=O)c1c(C)[nH]c(C(=O)NCC(C)(C)c2ccc(OC)cc2)c1C. The second-order valence-corrected chi connectivity index (χ2v) is 6.91. The van der Waals surface area contributed by atoms with Crippen LogP contribution in [0.5, 0.6) is 5.75 Å².